The Kier molecular flexibility index (Phi) is 4.62. The molecule has 4 rings (SSSR count). The van der Waals surface area contributed by atoms with Crippen molar-refractivity contribution in [2.75, 3.05) is 13.8 Å². The average Bonchev–Trinajstić information content (AvgIpc) is 3.31. The molecule has 0 fully saturated rings. The molecule has 0 unspecified atom stereocenters. The Morgan fingerprint density at radius 2 is 1.68 bits per heavy atom. The second kappa shape index (κ2) is 7.24. The quantitative estimate of drug-likeness (QED) is 0.488. The van der Waals surface area contributed by atoms with E-state index in [9.17, 15) is 14.4 Å². The van der Waals surface area contributed by atoms with Crippen molar-refractivity contribution in [2.24, 2.45) is 0 Å². The van der Waals surface area contributed by atoms with Crippen molar-refractivity contribution < 1.29 is 23.9 Å². The maximum absolute atomic E-state index is 12.3. The van der Waals surface area contributed by atoms with Gasteiger partial charge in [0.05, 0.1) is 18.2 Å². The zero-order valence-corrected chi connectivity index (χ0v) is 15.6. The summed E-state index contributed by atoms with van der Waals surface area (Å²) in [4.78, 5) is 42.0. The number of hydrogen-bond donors (Lipinski definition) is 0. The lowest BCUT2D eigenvalue weighted by Crippen LogP contribution is -2.33. The lowest BCUT2D eigenvalue weighted by atomic mass is 10.1. The average molecular weight is 394 g/mol. The largest absolute Gasteiger partial charge is 0.497 e. The van der Waals surface area contributed by atoms with E-state index in [1.54, 1.807) is 48.9 Å². The van der Waals surface area contributed by atoms with Crippen LogP contribution in [0.25, 0.3) is 10.6 Å². The number of carbonyl (C=O) groups excluding carboxylic acids is 3. The number of carbonyl (C=O) groups is 3. The summed E-state index contributed by atoms with van der Waals surface area (Å²) in [6, 6.07) is 13.8. The second-order valence-electron chi connectivity index (χ2n) is 5.91. The number of thiazole rings is 1. The Labute approximate surface area is 164 Å². The van der Waals surface area contributed by atoms with Gasteiger partial charge in [0.1, 0.15) is 10.8 Å². The zero-order valence-electron chi connectivity index (χ0n) is 14.7. The molecule has 1 aromatic heterocycles. The summed E-state index contributed by atoms with van der Waals surface area (Å²) in [6.07, 6.45) is 0. The standard InChI is InChI=1S/C20H14N2O5S/c1-26-13-8-6-12(7-9-13)17-21-16(10-28-17)20(25)27-11-22-18(23)14-4-2-3-5-15(14)19(22)24/h2-10H,11H2,1H3. The molecule has 0 bridgehead atoms. The van der Waals surface area contributed by atoms with E-state index in [0.717, 1.165) is 16.2 Å². The molecule has 8 heteroatoms. The molecule has 0 aliphatic carbocycles. The van der Waals surface area contributed by atoms with Crippen LogP contribution in [0.4, 0.5) is 0 Å². The number of imide groups is 1. The van der Waals surface area contributed by atoms with Gasteiger partial charge in [-0.15, -0.1) is 11.3 Å². The van der Waals surface area contributed by atoms with Crippen LogP contribution in [0.3, 0.4) is 0 Å². The molecule has 0 saturated carbocycles. The first-order valence-electron chi connectivity index (χ1n) is 8.31. The summed E-state index contributed by atoms with van der Waals surface area (Å²) in [5.74, 6) is -0.940. The van der Waals surface area contributed by atoms with Gasteiger partial charge < -0.3 is 9.47 Å². The SMILES string of the molecule is COc1ccc(-c2nc(C(=O)OCN3C(=O)c4ccccc4C3=O)cs2)cc1. The number of methoxy groups -OCH3 is 1. The van der Waals surface area contributed by atoms with E-state index in [2.05, 4.69) is 4.98 Å². The van der Waals surface area contributed by atoms with Gasteiger partial charge in [0.25, 0.3) is 11.8 Å². The van der Waals surface area contributed by atoms with Crippen molar-refractivity contribution in [1.29, 1.82) is 0 Å². The number of esters is 1. The first kappa shape index (κ1) is 17.9. The summed E-state index contributed by atoms with van der Waals surface area (Å²) in [7, 11) is 1.58. The molecule has 2 heterocycles. The van der Waals surface area contributed by atoms with Crippen LogP contribution in [0.1, 0.15) is 31.2 Å². The predicted molar refractivity (Wildman–Crippen MR) is 101 cm³/mol. The third kappa shape index (κ3) is 3.14. The van der Waals surface area contributed by atoms with Crippen LogP contribution in [0.2, 0.25) is 0 Å². The van der Waals surface area contributed by atoms with Crippen LogP contribution >= 0.6 is 11.3 Å². The number of amides is 2. The molecule has 0 N–H and O–H groups in total. The highest BCUT2D eigenvalue weighted by molar-refractivity contribution is 7.13. The predicted octanol–water partition coefficient (Wildman–Crippen LogP) is 3.23. The summed E-state index contributed by atoms with van der Waals surface area (Å²) >= 11 is 1.29. The third-order valence-electron chi connectivity index (χ3n) is 4.25. The smallest absolute Gasteiger partial charge is 0.359 e. The van der Waals surface area contributed by atoms with Gasteiger partial charge in [0, 0.05) is 10.9 Å². The second-order valence-corrected chi connectivity index (χ2v) is 6.77. The summed E-state index contributed by atoms with van der Waals surface area (Å²) in [6.45, 7) is -0.458. The number of nitrogens with zero attached hydrogens (tertiary/aromatic N) is 2. The van der Waals surface area contributed by atoms with E-state index in [1.165, 1.54) is 11.3 Å². The van der Waals surface area contributed by atoms with Gasteiger partial charge in [-0.2, -0.15) is 0 Å². The van der Waals surface area contributed by atoms with E-state index < -0.39 is 24.5 Å². The molecule has 2 aromatic carbocycles. The van der Waals surface area contributed by atoms with Crippen molar-refractivity contribution in [3.05, 3.63) is 70.7 Å². The number of rotatable bonds is 5. The van der Waals surface area contributed by atoms with Gasteiger partial charge in [0.2, 0.25) is 0 Å². The van der Waals surface area contributed by atoms with Gasteiger partial charge in [-0.3, -0.25) is 9.59 Å². The molecule has 0 saturated heterocycles. The number of ether oxygens (including phenoxy) is 2. The number of fused-ring (bicyclic) bond motifs is 1. The Hall–Kier alpha value is -3.52. The highest BCUT2D eigenvalue weighted by atomic mass is 32.1. The summed E-state index contributed by atoms with van der Waals surface area (Å²) < 4.78 is 10.3. The topological polar surface area (TPSA) is 85.8 Å². The lowest BCUT2D eigenvalue weighted by molar-refractivity contribution is 0.0224. The van der Waals surface area contributed by atoms with E-state index in [1.807, 2.05) is 12.1 Å². The molecule has 3 aromatic rings. The van der Waals surface area contributed by atoms with Crippen LogP contribution in [-0.4, -0.2) is 41.5 Å². The third-order valence-corrected chi connectivity index (χ3v) is 5.14. The molecule has 1 aliphatic heterocycles. The molecule has 0 atom stereocenters. The number of aromatic nitrogens is 1. The number of hydrogen-bond acceptors (Lipinski definition) is 7. The van der Waals surface area contributed by atoms with E-state index in [0.29, 0.717) is 16.1 Å². The van der Waals surface area contributed by atoms with Crippen LogP contribution < -0.4 is 4.74 Å². The maximum Gasteiger partial charge on any atom is 0.359 e. The molecule has 2 amide bonds. The molecule has 140 valence electrons. The monoisotopic (exact) mass is 394 g/mol. The van der Waals surface area contributed by atoms with Crippen molar-refractivity contribution >= 4 is 29.1 Å². The first-order valence-corrected chi connectivity index (χ1v) is 9.19. The van der Waals surface area contributed by atoms with Crippen LogP contribution in [0, 0.1) is 0 Å². The first-order chi connectivity index (χ1) is 13.6. The van der Waals surface area contributed by atoms with Gasteiger partial charge in [-0.05, 0) is 36.4 Å². The molecule has 7 nitrogen and oxygen atoms in total. The van der Waals surface area contributed by atoms with Gasteiger partial charge >= 0.3 is 5.97 Å². The molecule has 1 aliphatic rings. The zero-order chi connectivity index (χ0) is 19.7. The summed E-state index contributed by atoms with van der Waals surface area (Å²) in [5, 5.41) is 2.22. The normalized spacial score (nSPS) is 12.8. The minimum absolute atomic E-state index is 0.118. The highest BCUT2D eigenvalue weighted by Gasteiger charge is 2.35. The maximum atomic E-state index is 12.3. The van der Waals surface area contributed by atoms with Gasteiger partial charge in [-0.1, -0.05) is 12.1 Å². The van der Waals surface area contributed by atoms with Crippen molar-refractivity contribution in [3.8, 4) is 16.3 Å². The van der Waals surface area contributed by atoms with E-state index >= 15 is 0 Å². The Balaban J connectivity index is 1.43. The van der Waals surface area contributed by atoms with Crippen LogP contribution in [0.5, 0.6) is 5.75 Å². The fraction of sp³-hybridized carbons (Fsp3) is 0.100. The Morgan fingerprint density at radius 1 is 1.04 bits per heavy atom. The van der Waals surface area contributed by atoms with Crippen LogP contribution in [-0.2, 0) is 4.74 Å². The van der Waals surface area contributed by atoms with Crippen molar-refractivity contribution in [2.45, 2.75) is 0 Å². The minimum atomic E-state index is -0.701. The fourth-order valence-corrected chi connectivity index (χ4v) is 3.58. The molecular weight excluding hydrogens is 380 g/mol. The lowest BCUT2D eigenvalue weighted by Gasteiger charge is -2.13. The molecule has 28 heavy (non-hydrogen) atoms. The Morgan fingerprint density at radius 3 is 2.29 bits per heavy atom. The van der Waals surface area contributed by atoms with E-state index in [-0.39, 0.29) is 5.69 Å². The Bertz CT molecular complexity index is 1040. The van der Waals surface area contributed by atoms with Crippen molar-refractivity contribution in [1.82, 2.24) is 9.88 Å². The minimum Gasteiger partial charge on any atom is -0.497 e. The molecule has 0 spiro atoms. The van der Waals surface area contributed by atoms with Crippen molar-refractivity contribution in [3.63, 3.8) is 0 Å². The fourth-order valence-electron chi connectivity index (χ4n) is 2.79. The van der Waals surface area contributed by atoms with Crippen LogP contribution in [0.15, 0.2) is 53.9 Å². The van der Waals surface area contributed by atoms with Gasteiger partial charge in [-0.25, -0.2) is 14.7 Å². The van der Waals surface area contributed by atoms with Gasteiger partial charge in [0.15, 0.2) is 12.4 Å². The number of benzene rings is 2. The van der Waals surface area contributed by atoms with E-state index in [4.69, 9.17) is 9.47 Å². The summed E-state index contributed by atoms with van der Waals surface area (Å²) in [5.41, 5.74) is 1.57. The molecule has 0 radical (unpaired) electrons. The highest BCUT2D eigenvalue weighted by Crippen LogP contribution is 2.26. The molecular formula is C20H14N2O5S.